The number of aliphatic imine (C=N–C) groups is 1. The number of fused-ring (bicyclic) bond motifs is 1. The third-order valence-electron chi connectivity index (χ3n) is 3.40. The van der Waals surface area contributed by atoms with E-state index >= 15 is 0 Å². The van der Waals surface area contributed by atoms with E-state index in [4.69, 9.17) is 10.5 Å². The molecule has 1 heterocycles. The number of ether oxygens (including phenoxy) is 1. The van der Waals surface area contributed by atoms with Gasteiger partial charge in [0.05, 0.1) is 0 Å². The molecule has 138 valence electrons. The lowest BCUT2D eigenvalue weighted by Crippen LogP contribution is -2.33. The lowest BCUT2D eigenvalue weighted by atomic mass is 10.1. The highest BCUT2D eigenvalue weighted by atomic mass is 35.5. The maximum atomic E-state index is 12.0. The number of alkyl halides is 3. The molecule has 1 aromatic carbocycles. The summed E-state index contributed by atoms with van der Waals surface area (Å²) in [7, 11) is 0. The molecule has 9 heteroatoms. The summed E-state index contributed by atoms with van der Waals surface area (Å²) < 4.78 is 41.6. The molecular weight excluding hydrogens is 366 g/mol. The van der Waals surface area contributed by atoms with Gasteiger partial charge in [0.15, 0.2) is 6.10 Å². The maximum Gasteiger partial charge on any atom is 0.389 e. The minimum Gasteiger partial charge on any atom is -0.481 e. The molecule has 1 aromatic rings. The second-order valence-electron chi connectivity index (χ2n) is 5.32. The zero-order chi connectivity index (χ0) is 16.2. The number of benzene rings is 1. The molecule has 1 atom stereocenters. The number of nitrogens with zero attached hydrogens (tertiary/aromatic N) is 1. The Balaban J connectivity index is 0.00000264. The SMILES string of the molecule is C[C@H]1Oc2ccc(CCNCCCC(F)(F)F)cc2N=C1N.Cl.Cl. The van der Waals surface area contributed by atoms with Crippen molar-refractivity contribution >= 4 is 36.3 Å². The van der Waals surface area contributed by atoms with Gasteiger partial charge in [0.25, 0.3) is 0 Å². The van der Waals surface area contributed by atoms with Crippen molar-refractivity contribution in [2.45, 2.75) is 38.5 Å². The van der Waals surface area contributed by atoms with Crippen molar-refractivity contribution in [3.05, 3.63) is 23.8 Å². The molecule has 0 unspecified atom stereocenters. The second-order valence-corrected chi connectivity index (χ2v) is 5.32. The van der Waals surface area contributed by atoms with Crippen LogP contribution < -0.4 is 15.8 Å². The lowest BCUT2D eigenvalue weighted by Gasteiger charge is -2.21. The van der Waals surface area contributed by atoms with Crippen LogP contribution in [0.5, 0.6) is 5.75 Å². The lowest BCUT2D eigenvalue weighted by molar-refractivity contribution is -0.135. The molecule has 24 heavy (non-hydrogen) atoms. The van der Waals surface area contributed by atoms with Crippen molar-refractivity contribution in [3.63, 3.8) is 0 Å². The van der Waals surface area contributed by atoms with Gasteiger partial charge >= 0.3 is 6.18 Å². The molecule has 0 aromatic heterocycles. The van der Waals surface area contributed by atoms with Crippen LogP contribution >= 0.6 is 24.8 Å². The van der Waals surface area contributed by atoms with Gasteiger partial charge in [0, 0.05) is 6.42 Å². The molecular formula is C15H22Cl2F3N3O. The fourth-order valence-electron chi connectivity index (χ4n) is 2.16. The topological polar surface area (TPSA) is 59.6 Å². The minimum absolute atomic E-state index is 0. The Morgan fingerprint density at radius 3 is 2.62 bits per heavy atom. The Morgan fingerprint density at radius 1 is 1.25 bits per heavy atom. The highest BCUT2D eigenvalue weighted by Crippen LogP contribution is 2.32. The van der Waals surface area contributed by atoms with Gasteiger partial charge in [0.2, 0.25) is 0 Å². The van der Waals surface area contributed by atoms with Crippen LogP contribution in [0.4, 0.5) is 18.9 Å². The van der Waals surface area contributed by atoms with Crippen LogP contribution in [0, 0.1) is 0 Å². The molecule has 0 saturated carbocycles. The van der Waals surface area contributed by atoms with E-state index in [2.05, 4.69) is 10.3 Å². The van der Waals surface area contributed by atoms with Crippen LogP contribution in [0.3, 0.4) is 0 Å². The normalized spacial score (nSPS) is 16.2. The van der Waals surface area contributed by atoms with Gasteiger partial charge < -0.3 is 15.8 Å². The quantitative estimate of drug-likeness (QED) is 0.730. The number of hydrogen-bond acceptors (Lipinski definition) is 4. The molecule has 4 nitrogen and oxygen atoms in total. The molecule has 0 fully saturated rings. The summed E-state index contributed by atoms with van der Waals surface area (Å²) in [5, 5.41) is 3.01. The second kappa shape index (κ2) is 9.96. The Morgan fingerprint density at radius 2 is 1.96 bits per heavy atom. The van der Waals surface area contributed by atoms with Gasteiger partial charge in [-0.15, -0.1) is 24.8 Å². The molecule has 1 aliphatic rings. The molecule has 3 N–H and O–H groups in total. The molecule has 0 saturated heterocycles. The highest BCUT2D eigenvalue weighted by molar-refractivity contribution is 5.89. The van der Waals surface area contributed by atoms with Crippen LogP contribution in [0.15, 0.2) is 23.2 Å². The van der Waals surface area contributed by atoms with Crippen molar-refractivity contribution in [3.8, 4) is 5.75 Å². The zero-order valence-corrected chi connectivity index (χ0v) is 14.9. The average molecular weight is 388 g/mol. The number of halogens is 5. The predicted molar refractivity (Wildman–Crippen MR) is 94.2 cm³/mol. The van der Waals surface area contributed by atoms with Gasteiger partial charge in [-0.1, -0.05) is 6.07 Å². The van der Waals surface area contributed by atoms with Crippen LogP contribution in [0.25, 0.3) is 0 Å². The first-order valence-corrected chi connectivity index (χ1v) is 7.26. The van der Waals surface area contributed by atoms with Crippen LogP contribution in [-0.4, -0.2) is 31.2 Å². The molecule has 0 spiro atoms. The first-order valence-electron chi connectivity index (χ1n) is 7.26. The van der Waals surface area contributed by atoms with Gasteiger partial charge in [-0.2, -0.15) is 13.2 Å². The third kappa shape index (κ3) is 7.15. The van der Waals surface area contributed by atoms with Crippen molar-refractivity contribution in [2.24, 2.45) is 10.7 Å². The zero-order valence-electron chi connectivity index (χ0n) is 13.2. The van der Waals surface area contributed by atoms with Crippen LogP contribution in [-0.2, 0) is 6.42 Å². The van der Waals surface area contributed by atoms with Gasteiger partial charge in [-0.05, 0) is 50.6 Å². The number of hydrogen-bond donors (Lipinski definition) is 2. The Kier molecular flexibility index (Phi) is 9.47. The predicted octanol–water partition coefficient (Wildman–Crippen LogP) is 3.77. The summed E-state index contributed by atoms with van der Waals surface area (Å²) in [6, 6.07) is 5.67. The Bertz CT molecular complexity index is 553. The summed E-state index contributed by atoms with van der Waals surface area (Å²) in [5.74, 6) is 1.14. The monoisotopic (exact) mass is 387 g/mol. The standard InChI is InChI=1S/C15H20F3N3O.2ClH/c1-10-14(19)21-12-9-11(3-4-13(12)22-10)5-8-20-7-2-6-15(16,17)18;;/h3-4,9-10,20H,2,5-8H2,1H3,(H2,19,21);2*1H/t10-;;/m1../s1. The number of nitrogens with two attached hydrogens (primary N) is 1. The first-order chi connectivity index (χ1) is 10.3. The van der Waals surface area contributed by atoms with E-state index in [-0.39, 0.29) is 37.3 Å². The smallest absolute Gasteiger partial charge is 0.389 e. The van der Waals surface area contributed by atoms with E-state index in [1.165, 1.54) is 0 Å². The summed E-state index contributed by atoms with van der Waals surface area (Å²) in [5.41, 5.74) is 7.49. The van der Waals surface area contributed by atoms with Crippen LogP contribution in [0.1, 0.15) is 25.3 Å². The Hall–Kier alpha value is -1.18. The fourth-order valence-corrected chi connectivity index (χ4v) is 2.16. The molecule has 0 bridgehead atoms. The summed E-state index contributed by atoms with van der Waals surface area (Å²) >= 11 is 0. The number of nitrogens with one attached hydrogen (secondary N) is 1. The average Bonchev–Trinajstić information content (AvgIpc) is 2.43. The van der Waals surface area contributed by atoms with Crippen molar-refractivity contribution in [2.75, 3.05) is 13.1 Å². The fraction of sp³-hybridized carbons (Fsp3) is 0.533. The number of rotatable bonds is 6. The summed E-state index contributed by atoms with van der Waals surface area (Å²) in [6.45, 7) is 2.81. The van der Waals surface area contributed by atoms with Crippen molar-refractivity contribution in [1.82, 2.24) is 5.32 Å². The van der Waals surface area contributed by atoms with E-state index < -0.39 is 12.6 Å². The molecule has 1 aliphatic heterocycles. The maximum absolute atomic E-state index is 12.0. The molecule has 0 amide bonds. The van der Waals surface area contributed by atoms with Crippen molar-refractivity contribution < 1.29 is 17.9 Å². The van der Waals surface area contributed by atoms with E-state index in [1.807, 2.05) is 25.1 Å². The first kappa shape index (κ1) is 22.8. The van der Waals surface area contributed by atoms with E-state index in [9.17, 15) is 13.2 Å². The summed E-state index contributed by atoms with van der Waals surface area (Å²) in [4.78, 5) is 4.30. The molecule has 2 rings (SSSR count). The van der Waals surface area contributed by atoms with Gasteiger partial charge in [-0.3, -0.25) is 0 Å². The summed E-state index contributed by atoms with van der Waals surface area (Å²) in [6.07, 6.45) is -4.24. The van der Waals surface area contributed by atoms with Gasteiger partial charge in [0.1, 0.15) is 17.3 Å². The minimum atomic E-state index is -4.07. The highest BCUT2D eigenvalue weighted by Gasteiger charge is 2.25. The molecule has 0 aliphatic carbocycles. The largest absolute Gasteiger partial charge is 0.481 e. The van der Waals surface area contributed by atoms with E-state index in [0.717, 1.165) is 5.56 Å². The Labute approximate surface area is 151 Å². The van der Waals surface area contributed by atoms with E-state index in [1.54, 1.807) is 0 Å². The molecule has 0 radical (unpaired) electrons. The van der Waals surface area contributed by atoms with Crippen molar-refractivity contribution in [1.29, 1.82) is 0 Å². The van der Waals surface area contributed by atoms with Crippen LogP contribution in [0.2, 0.25) is 0 Å². The van der Waals surface area contributed by atoms with E-state index in [0.29, 0.717) is 36.8 Å². The third-order valence-corrected chi connectivity index (χ3v) is 3.40. The number of amidine groups is 1. The van der Waals surface area contributed by atoms with Gasteiger partial charge in [-0.25, -0.2) is 4.99 Å².